The molecule has 1 aliphatic carbocycles. The maximum atomic E-state index is 12.8. The first-order valence-corrected chi connectivity index (χ1v) is 8.45. The highest BCUT2D eigenvalue weighted by Crippen LogP contribution is 2.44. The molecule has 1 aromatic carbocycles. The van der Waals surface area contributed by atoms with Crippen molar-refractivity contribution in [1.29, 1.82) is 0 Å². The highest BCUT2D eigenvalue weighted by molar-refractivity contribution is 6.23. The molecule has 0 atom stereocenters. The summed E-state index contributed by atoms with van der Waals surface area (Å²) in [4.78, 5) is 24.1. The quantitative estimate of drug-likeness (QED) is 0.822. The molecule has 2 N–H and O–H groups in total. The second kappa shape index (κ2) is 6.52. The molecule has 134 valence electrons. The standard InChI is InChI=1S/C19H23NO5/c1-11-4-5-12(2)14(10-11)15-16(25-18(22)23)19(20-17(15)21)8-6-13(24-3)7-9-19/h4-5,10,13H,6-9H2,1-3H3,(H,20,21)(H,22,23)/t13-,19+. The number of carbonyl (C=O) groups is 2. The van der Waals surface area contributed by atoms with E-state index < -0.39 is 11.7 Å². The highest BCUT2D eigenvalue weighted by atomic mass is 16.7. The normalized spacial score (nSPS) is 26.0. The minimum Gasteiger partial charge on any atom is -0.449 e. The van der Waals surface area contributed by atoms with Crippen molar-refractivity contribution in [2.45, 2.75) is 51.2 Å². The number of methoxy groups -OCH3 is 1. The Labute approximate surface area is 146 Å². The molecule has 0 saturated heterocycles. The number of hydrogen-bond donors (Lipinski definition) is 2. The monoisotopic (exact) mass is 345 g/mol. The van der Waals surface area contributed by atoms with Crippen LogP contribution < -0.4 is 5.32 Å². The van der Waals surface area contributed by atoms with E-state index in [9.17, 15) is 14.7 Å². The summed E-state index contributed by atoms with van der Waals surface area (Å²) in [7, 11) is 1.67. The van der Waals surface area contributed by atoms with Gasteiger partial charge in [-0.1, -0.05) is 23.8 Å². The molecule has 1 aliphatic heterocycles. The zero-order valence-electron chi connectivity index (χ0n) is 14.7. The van der Waals surface area contributed by atoms with E-state index in [2.05, 4.69) is 5.32 Å². The number of aryl methyl sites for hydroxylation is 2. The SMILES string of the molecule is CO[C@H]1CC[C@]2(CC1)NC(=O)C(c1cc(C)ccc1C)=C2OC(=O)O. The minimum atomic E-state index is -1.40. The number of carboxylic acid groups (broad SMARTS) is 1. The Morgan fingerprint density at radius 2 is 1.96 bits per heavy atom. The lowest BCUT2D eigenvalue weighted by atomic mass is 9.79. The van der Waals surface area contributed by atoms with Crippen LogP contribution in [0.4, 0.5) is 4.79 Å². The average Bonchev–Trinajstić information content (AvgIpc) is 2.82. The van der Waals surface area contributed by atoms with Crippen molar-refractivity contribution in [3.8, 4) is 0 Å². The lowest BCUT2D eigenvalue weighted by molar-refractivity contribution is -0.116. The van der Waals surface area contributed by atoms with Crippen LogP contribution >= 0.6 is 0 Å². The first-order valence-electron chi connectivity index (χ1n) is 8.45. The van der Waals surface area contributed by atoms with E-state index >= 15 is 0 Å². The van der Waals surface area contributed by atoms with E-state index in [1.807, 2.05) is 32.0 Å². The number of carbonyl (C=O) groups excluding carboxylic acids is 1. The summed E-state index contributed by atoms with van der Waals surface area (Å²) in [6.07, 6.45) is 1.38. The van der Waals surface area contributed by atoms with E-state index in [1.165, 1.54) is 0 Å². The van der Waals surface area contributed by atoms with Gasteiger partial charge in [-0.3, -0.25) is 4.79 Å². The Morgan fingerprint density at radius 1 is 1.28 bits per heavy atom. The maximum absolute atomic E-state index is 12.8. The summed E-state index contributed by atoms with van der Waals surface area (Å²) in [6, 6.07) is 5.79. The summed E-state index contributed by atoms with van der Waals surface area (Å²) in [5.74, 6) is -0.0472. The third-order valence-corrected chi connectivity index (χ3v) is 5.21. The predicted octanol–water partition coefficient (Wildman–Crippen LogP) is 3.17. The Kier molecular flexibility index (Phi) is 4.56. The number of nitrogens with one attached hydrogen (secondary N) is 1. The molecule has 1 heterocycles. The number of hydrogen-bond acceptors (Lipinski definition) is 4. The van der Waals surface area contributed by atoms with E-state index in [1.54, 1.807) is 7.11 Å². The molecule has 1 aromatic rings. The Morgan fingerprint density at radius 3 is 2.56 bits per heavy atom. The van der Waals surface area contributed by atoms with Crippen molar-refractivity contribution in [1.82, 2.24) is 5.32 Å². The molecule has 1 saturated carbocycles. The van der Waals surface area contributed by atoms with Gasteiger partial charge in [0.2, 0.25) is 0 Å². The third-order valence-electron chi connectivity index (χ3n) is 5.21. The summed E-state index contributed by atoms with van der Waals surface area (Å²) in [5, 5.41) is 12.2. The number of amides is 1. The van der Waals surface area contributed by atoms with Crippen molar-refractivity contribution < 1.29 is 24.2 Å². The van der Waals surface area contributed by atoms with E-state index in [4.69, 9.17) is 9.47 Å². The van der Waals surface area contributed by atoms with Gasteiger partial charge < -0.3 is 19.9 Å². The molecule has 2 aliphatic rings. The Hall–Kier alpha value is -2.34. The van der Waals surface area contributed by atoms with Crippen LogP contribution in [0.15, 0.2) is 24.0 Å². The van der Waals surface area contributed by atoms with Crippen LogP contribution in [-0.2, 0) is 14.3 Å². The van der Waals surface area contributed by atoms with E-state index in [0.717, 1.165) is 29.5 Å². The summed E-state index contributed by atoms with van der Waals surface area (Å²) < 4.78 is 10.6. The molecule has 3 rings (SSSR count). The fraction of sp³-hybridized carbons (Fsp3) is 0.474. The Bertz CT molecular complexity index is 744. The van der Waals surface area contributed by atoms with Gasteiger partial charge in [0.1, 0.15) is 5.76 Å². The van der Waals surface area contributed by atoms with Gasteiger partial charge in [0.15, 0.2) is 0 Å². The van der Waals surface area contributed by atoms with Gasteiger partial charge in [-0.15, -0.1) is 0 Å². The molecule has 0 radical (unpaired) electrons. The molecular formula is C19H23NO5. The fourth-order valence-corrected chi connectivity index (χ4v) is 3.84. The molecule has 25 heavy (non-hydrogen) atoms. The predicted molar refractivity (Wildman–Crippen MR) is 92.1 cm³/mol. The van der Waals surface area contributed by atoms with E-state index in [0.29, 0.717) is 18.4 Å². The van der Waals surface area contributed by atoms with E-state index in [-0.39, 0.29) is 17.8 Å². The summed E-state index contributed by atoms with van der Waals surface area (Å²) in [6.45, 7) is 3.84. The lowest BCUT2D eigenvalue weighted by Gasteiger charge is -2.37. The molecule has 1 fully saturated rings. The van der Waals surface area contributed by atoms with Gasteiger partial charge in [-0.05, 0) is 50.7 Å². The van der Waals surface area contributed by atoms with Crippen LogP contribution in [0.25, 0.3) is 5.57 Å². The zero-order chi connectivity index (χ0) is 18.2. The number of ether oxygens (including phenoxy) is 2. The van der Waals surface area contributed by atoms with Gasteiger partial charge in [0.25, 0.3) is 5.91 Å². The second-order valence-electron chi connectivity index (χ2n) is 6.86. The second-order valence-corrected chi connectivity index (χ2v) is 6.86. The van der Waals surface area contributed by atoms with Crippen LogP contribution in [0, 0.1) is 13.8 Å². The molecule has 1 amide bonds. The Balaban J connectivity index is 2.11. The van der Waals surface area contributed by atoms with Gasteiger partial charge in [-0.2, -0.15) is 0 Å². The smallest absolute Gasteiger partial charge is 0.449 e. The molecule has 6 heteroatoms. The van der Waals surface area contributed by atoms with Crippen LogP contribution in [0.2, 0.25) is 0 Å². The fourth-order valence-electron chi connectivity index (χ4n) is 3.84. The van der Waals surface area contributed by atoms with Crippen molar-refractivity contribution >= 4 is 17.6 Å². The molecular weight excluding hydrogens is 322 g/mol. The zero-order valence-corrected chi connectivity index (χ0v) is 14.7. The van der Waals surface area contributed by atoms with Crippen LogP contribution in [0.5, 0.6) is 0 Å². The summed E-state index contributed by atoms with van der Waals surface area (Å²) in [5.41, 5.74) is 2.19. The molecule has 1 spiro atoms. The lowest BCUT2D eigenvalue weighted by Crippen LogP contribution is -2.49. The van der Waals surface area contributed by atoms with Gasteiger partial charge in [-0.25, -0.2) is 4.79 Å². The average molecular weight is 345 g/mol. The van der Waals surface area contributed by atoms with Crippen LogP contribution in [-0.4, -0.2) is 35.9 Å². The first kappa shape index (κ1) is 17.5. The first-order chi connectivity index (χ1) is 11.9. The number of benzene rings is 1. The molecule has 0 unspecified atom stereocenters. The third kappa shape index (κ3) is 3.14. The maximum Gasteiger partial charge on any atom is 0.511 e. The molecule has 0 aromatic heterocycles. The van der Waals surface area contributed by atoms with Crippen LogP contribution in [0.1, 0.15) is 42.4 Å². The van der Waals surface area contributed by atoms with Gasteiger partial charge in [0, 0.05) is 7.11 Å². The summed E-state index contributed by atoms with van der Waals surface area (Å²) >= 11 is 0. The van der Waals surface area contributed by atoms with Gasteiger partial charge >= 0.3 is 6.16 Å². The largest absolute Gasteiger partial charge is 0.511 e. The number of rotatable bonds is 3. The van der Waals surface area contributed by atoms with Gasteiger partial charge in [0.05, 0.1) is 17.2 Å². The minimum absolute atomic E-state index is 0.123. The highest BCUT2D eigenvalue weighted by Gasteiger charge is 2.50. The molecule has 0 bridgehead atoms. The van der Waals surface area contributed by atoms with Crippen molar-refractivity contribution in [3.05, 3.63) is 40.6 Å². The van der Waals surface area contributed by atoms with Crippen molar-refractivity contribution in [2.24, 2.45) is 0 Å². The molecule has 6 nitrogen and oxygen atoms in total. The van der Waals surface area contributed by atoms with Crippen molar-refractivity contribution in [2.75, 3.05) is 7.11 Å². The van der Waals surface area contributed by atoms with Crippen molar-refractivity contribution in [3.63, 3.8) is 0 Å². The van der Waals surface area contributed by atoms with Crippen LogP contribution in [0.3, 0.4) is 0 Å². The topological polar surface area (TPSA) is 84.9 Å².